The van der Waals surface area contributed by atoms with Crippen LogP contribution < -0.4 is 9.47 Å². The fourth-order valence-electron chi connectivity index (χ4n) is 4.91. The van der Waals surface area contributed by atoms with Crippen molar-refractivity contribution in [2.75, 3.05) is 6.61 Å². The molecule has 0 radical (unpaired) electrons. The Balaban J connectivity index is 1.31. The number of benzene rings is 2. The molecule has 2 aromatic rings. The van der Waals surface area contributed by atoms with Crippen molar-refractivity contribution in [2.24, 2.45) is 11.8 Å². The molecular formula is C30H39F3O3. The number of rotatable bonds is 14. The van der Waals surface area contributed by atoms with Crippen molar-refractivity contribution in [3.05, 3.63) is 59.4 Å². The number of esters is 1. The first-order chi connectivity index (χ1) is 17.5. The van der Waals surface area contributed by atoms with Crippen molar-refractivity contribution in [1.29, 1.82) is 0 Å². The smallest absolute Gasteiger partial charge is 0.343 e. The average Bonchev–Trinajstić information content (AvgIpc) is 2.88. The Morgan fingerprint density at radius 1 is 0.778 bits per heavy atom. The summed E-state index contributed by atoms with van der Waals surface area (Å²) in [6.45, 7) is 2.91. The SMILES string of the molecule is CCCCCCCCCC[C@H]1CC[C@H](COc2ccc(C(=O)Oc3cc(F)c(F)c(F)c3)cc2)CC1. The molecule has 0 heterocycles. The molecule has 1 fully saturated rings. The minimum Gasteiger partial charge on any atom is -0.493 e. The van der Waals surface area contributed by atoms with Gasteiger partial charge in [0.15, 0.2) is 17.5 Å². The van der Waals surface area contributed by atoms with E-state index in [0.29, 0.717) is 30.4 Å². The van der Waals surface area contributed by atoms with Crippen LogP contribution in [0, 0.1) is 29.3 Å². The molecule has 0 spiro atoms. The van der Waals surface area contributed by atoms with Crippen LogP contribution in [0.3, 0.4) is 0 Å². The van der Waals surface area contributed by atoms with Gasteiger partial charge in [0.2, 0.25) is 0 Å². The van der Waals surface area contributed by atoms with E-state index in [1.807, 2.05) is 0 Å². The van der Waals surface area contributed by atoms with Gasteiger partial charge in [0.05, 0.1) is 12.2 Å². The molecule has 198 valence electrons. The van der Waals surface area contributed by atoms with Crippen LogP contribution in [-0.2, 0) is 0 Å². The van der Waals surface area contributed by atoms with Crippen molar-refractivity contribution in [1.82, 2.24) is 0 Å². The van der Waals surface area contributed by atoms with Crippen LogP contribution in [0.1, 0.15) is 101 Å². The minimum absolute atomic E-state index is 0.203. The topological polar surface area (TPSA) is 35.5 Å². The number of halogens is 3. The van der Waals surface area contributed by atoms with Crippen molar-refractivity contribution in [2.45, 2.75) is 90.4 Å². The van der Waals surface area contributed by atoms with Crippen LogP contribution >= 0.6 is 0 Å². The summed E-state index contributed by atoms with van der Waals surface area (Å²) >= 11 is 0. The van der Waals surface area contributed by atoms with Gasteiger partial charge in [-0.15, -0.1) is 0 Å². The van der Waals surface area contributed by atoms with Crippen LogP contribution in [0.5, 0.6) is 11.5 Å². The predicted octanol–water partition coefficient (Wildman–Crippen LogP) is 9.04. The molecule has 1 aliphatic carbocycles. The maximum absolute atomic E-state index is 13.3. The molecule has 6 heteroatoms. The van der Waals surface area contributed by atoms with E-state index in [9.17, 15) is 18.0 Å². The van der Waals surface area contributed by atoms with Crippen molar-refractivity contribution in [3.63, 3.8) is 0 Å². The summed E-state index contributed by atoms with van der Waals surface area (Å²) in [6, 6.07) is 7.70. The summed E-state index contributed by atoms with van der Waals surface area (Å²) in [5.41, 5.74) is 0.203. The number of carbonyl (C=O) groups is 1. The number of ether oxygens (including phenoxy) is 2. The second-order valence-corrected chi connectivity index (χ2v) is 10.1. The van der Waals surface area contributed by atoms with E-state index in [1.54, 1.807) is 12.1 Å². The van der Waals surface area contributed by atoms with Crippen LogP contribution in [0.4, 0.5) is 13.2 Å². The Hall–Kier alpha value is -2.50. The molecule has 0 bridgehead atoms. The zero-order valence-corrected chi connectivity index (χ0v) is 21.4. The van der Waals surface area contributed by atoms with Gasteiger partial charge < -0.3 is 9.47 Å². The lowest BCUT2D eigenvalue weighted by atomic mass is 9.80. The van der Waals surface area contributed by atoms with Gasteiger partial charge in [0.1, 0.15) is 11.5 Å². The summed E-state index contributed by atoms with van der Waals surface area (Å²) in [6.07, 6.45) is 17.3. The lowest BCUT2D eigenvalue weighted by Crippen LogP contribution is -2.20. The number of unbranched alkanes of at least 4 members (excludes halogenated alkanes) is 7. The third kappa shape index (κ3) is 9.18. The van der Waals surface area contributed by atoms with Crippen molar-refractivity contribution < 1.29 is 27.4 Å². The maximum atomic E-state index is 13.3. The first-order valence-corrected chi connectivity index (χ1v) is 13.6. The molecule has 0 N–H and O–H groups in total. The Morgan fingerprint density at radius 2 is 1.33 bits per heavy atom. The molecule has 0 aromatic heterocycles. The van der Waals surface area contributed by atoms with Crippen LogP contribution in [-0.4, -0.2) is 12.6 Å². The highest BCUT2D eigenvalue weighted by molar-refractivity contribution is 5.91. The molecular weight excluding hydrogens is 465 g/mol. The van der Waals surface area contributed by atoms with E-state index in [-0.39, 0.29) is 5.56 Å². The highest BCUT2D eigenvalue weighted by Gasteiger charge is 2.21. The van der Waals surface area contributed by atoms with Gasteiger partial charge in [-0.1, -0.05) is 77.6 Å². The molecule has 0 saturated heterocycles. The standard InChI is InChI=1S/C30H39F3O3/c1-2-3-4-5-6-7-8-9-10-22-11-13-23(14-12-22)21-35-25-17-15-24(16-18-25)30(34)36-26-19-27(31)29(33)28(32)20-26/h15-20,22-23H,2-14,21H2,1H3/t22-,23-. The number of carbonyl (C=O) groups excluding carboxylic acids is 1. The van der Waals surface area contributed by atoms with E-state index < -0.39 is 29.2 Å². The number of hydrogen-bond acceptors (Lipinski definition) is 3. The highest BCUT2D eigenvalue weighted by atomic mass is 19.2. The Labute approximate surface area is 213 Å². The molecule has 1 aliphatic rings. The lowest BCUT2D eigenvalue weighted by Gasteiger charge is -2.28. The third-order valence-electron chi connectivity index (χ3n) is 7.18. The Kier molecular flexibility index (Phi) is 11.6. The Morgan fingerprint density at radius 3 is 1.94 bits per heavy atom. The van der Waals surface area contributed by atoms with Crippen molar-refractivity contribution >= 4 is 5.97 Å². The first kappa shape index (κ1) is 28.1. The second-order valence-electron chi connectivity index (χ2n) is 10.1. The summed E-state index contributed by atoms with van der Waals surface area (Å²) in [5.74, 6) is -3.55. The van der Waals surface area contributed by atoms with Crippen LogP contribution in [0.15, 0.2) is 36.4 Å². The normalized spacial score (nSPS) is 17.7. The van der Waals surface area contributed by atoms with Gasteiger partial charge in [0.25, 0.3) is 0 Å². The average molecular weight is 505 g/mol. The van der Waals surface area contributed by atoms with E-state index in [2.05, 4.69) is 6.92 Å². The molecule has 0 atom stereocenters. The van der Waals surface area contributed by atoms with Gasteiger partial charge in [0, 0.05) is 12.1 Å². The molecule has 0 amide bonds. The zero-order valence-electron chi connectivity index (χ0n) is 21.4. The van der Waals surface area contributed by atoms with Gasteiger partial charge in [-0.2, -0.15) is 0 Å². The van der Waals surface area contributed by atoms with Gasteiger partial charge >= 0.3 is 5.97 Å². The molecule has 3 rings (SSSR count). The molecule has 0 unspecified atom stereocenters. The van der Waals surface area contributed by atoms with E-state index in [1.165, 1.54) is 95.6 Å². The summed E-state index contributed by atoms with van der Waals surface area (Å²) in [4.78, 5) is 12.2. The largest absolute Gasteiger partial charge is 0.493 e. The Bertz CT molecular complexity index is 914. The third-order valence-corrected chi connectivity index (χ3v) is 7.18. The molecule has 3 nitrogen and oxygen atoms in total. The minimum atomic E-state index is -1.60. The quantitative estimate of drug-likeness (QED) is 0.111. The summed E-state index contributed by atoms with van der Waals surface area (Å²) in [5, 5.41) is 0. The predicted molar refractivity (Wildman–Crippen MR) is 136 cm³/mol. The van der Waals surface area contributed by atoms with E-state index in [0.717, 1.165) is 5.92 Å². The van der Waals surface area contributed by atoms with E-state index in [4.69, 9.17) is 9.47 Å². The zero-order chi connectivity index (χ0) is 25.8. The van der Waals surface area contributed by atoms with Crippen LogP contribution in [0.2, 0.25) is 0 Å². The molecule has 0 aliphatic heterocycles. The molecule has 1 saturated carbocycles. The van der Waals surface area contributed by atoms with Gasteiger partial charge in [-0.25, -0.2) is 18.0 Å². The number of hydrogen-bond donors (Lipinski definition) is 0. The monoisotopic (exact) mass is 504 g/mol. The molecule has 2 aromatic carbocycles. The van der Waals surface area contributed by atoms with E-state index >= 15 is 0 Å². The summed E-state index contributed by atoms with van der Waals surface area (Å²) in [7, 11) is 0. The lowest BCUT2D eigenvalue weighted by molar-refractivity contribution is 0.0733. The second kappa shape index (κ2) is 14.9. The van der Waals surface area contributed by atoms with Crippen LogP contribution in [0.25, 0.3) is 0 Å². The van der Waals surface area contributed by atoms with Gasteiger partial charge in [-0.05, 0) is 48.9 Å². The maximum Gasteiger partial charge on any atom is 0.343 e. The van der Waals surface area contributed by atoms with Crippen molar-refractivity contribution in [3.8, 4) is 11.5 Å². The van der Waals surface area contributed by atoms with Gasteiger partial charge in [-0.3, -0.25) is 0 Å². The highest BCUT2D eigenvalue weighted by Crippen LogP contribution is 2.32. The fourth-order valence-corrected chi connectivity index (χ4v) is 4.91. The molecule has 36 heavy (non-hydrogen) atoms. The fraction of sp³-hybridized carbons (Fsp3) is 0.567. The summed E-state index contributed by atoms with van der Waals surface area (Å²) < 4.78 is 50.6. The first-order valence-electron chi connectivity index (χ1n) is 13.6.